The van der Waals surface area contributed by atoms with Crippen LogP contribution >= 0.6 is 0 Å². The molecule has 0 aliphatic heterocycles. The van der Waals surface area contributed by atoms with Crippen molar-refractivity contribution < 1.29 is 8.78 Å². The van der Waals surface area contributed by atoms with Gasteiger partial charge in [0, 0.05) is 18.2 Å². The lowest BCUT2D eigenvalue weighted by Gasteiger charge is -2.06. The summed E-state index contributed by atoms with van der Waals surface area (Å²) < 4.78 is 27.6. The average Bonchev–Trinajstić information content (AvgIpc) is 2.59. The maximum Gasteiger partial charge on any atom is 0.129 e. The molecule has 2 N–H and O–H groups in total. The van der Waals surface area contributed by atoms with Gasteiger partial charge in [0.25, 0.3) is 0 Å². The van der Waals surface area contributed by atoms with Crippen molar-refractivity contribution in [1.29, 1.82) is 0 Å². The fourth-order valence-electron chi connectivity index (χ4n) is 1.60. The van der Waals surface area contributed by atoms with Gasteiger partial charge in [-0.1, -0.05) is 12.1 Å². The fraction of sp³-hybridized carbons (Fsp3) is 0.182. The molecule has 0 saturated heterocycles. The molecule has 0 fully saturated rings. The van der Waals surface area contributed by atoms with E-state index in [0.717, 1.165) is 0 Å². The van der Waals surface area contributed by atoms with Crippen LogP contribution in [-0.2, 0) is 13.7 Å². The van der Waals surface area contributed by atoms with Crippen molar-refractivity contribution in [3.05, 3.63) is 35.8 Å². The van der Waals surface area contributed by atoms with Crippen molar-refractivity contribution in [1.82, 2.24) is 9.78 Å². The highest BCUT2D eigenvalue weighted by Crippen LogP contribution is 2.30. The number of nitrogens with two attached hydrogens (primary N) is 1. The largest absolute Gasteiger partial charge is 0.383 e. The van der Waals surface area contributed by atoms with Crippen molar-refractivity contribution in [2.45, 2.75) is 6.67 Å². The van der Waals surface area contributed by atoms with E-state index in [9.17, 15) is 8.78 Å². The summed E-state index contributed by atoms with van der Waals surface area (Å²) >= 11 is 0. The maximum absolute atomic E-state index is 13.4. The normalized spacial score (nSPS) is 10.7. The third-order valence-electron chi connectivity index (χ3n) is 2.53. The lowest BCUT2D eigenvalue weighted by Crippen LogP contribution is -1.99. The molecule has 0 unspecified atom stereocenters. The molecule has 1 heterocycles. The molecule has 0 aliphatic carbocycles. The highest BCUT2D eigenvalue weighted by atomic mass is 19.1. The van der Waals surface area contributed by atoms with Gasteiger partial charge in [-0.3, -0.25) is 4.68 Å². The van der Waals surface area contributed by atoms with E-state index in [4.69, 9.17) is 5.73 Å². The number of aryl methyl sites for hydroxylation is 1. The third-order valence-corrected chi connectivity index (χ3v) is 2.53. The molecule has 0 bridgehead atoms. The molecule has 16 heavy (non-hydrogen) atoms. The van der Waals surface area contributed by atoms with Crippen LogP contribution in [0.3, 0.4) is 0 Å². The summed E-state index contributed by atoms with van der Waals surface area (Å²) in [6.45, 7) is -0.865. The summed E-state index contributed by atoms with van der Waals surface area (Å²) in [7, 11) is 1.67. The Hall–Kier alpha value is -1.91. The zero-order valence-electron chi connectivity index (χ0n) is 8.74. The van der Waals surface area contributed by atoms with E-state index < -0.39 is 12.5 Å². The average molecular weight is 223 g/mol. The van der Waals surface area contributed by atoms with Crippen LogP contribution in [-0.4, -0.2) is 9.78 Å². The van der Waals surface area contributed by atoms with Crippen LogP contribution in [0.4, 0.5) is 14.6 Å². The molecule has 2 aromatic rings. The summed E-state index contributed by atoms with van der Waals surface area (Å²) in [6.07, 6.45) is 1.50. The fourth-order valence-corrected chi connectivity index (χ4v) is 1.60. The number of nitrogens with zero attached hydrogens (tertiary/aromatic N) is 2. The second-order valence-corrected chi connectivity index (χ2v) is 3.47. The van der Waals surface area contributed by atoms with E-state index in [1.807, 2.05) is 0 Å². The topological polar surface area (TPSA) is 43.8 Å². The summed E-state index contributed by atoms with van der Waals surface area (Å²) in [4.78, 5) is 0. The quantitative estimate of drug-likeness (QED) is 0.848. The monoisotopic (exact) mass is 223 g/mol. The van der Waals surface area contributed by atoms with Crippen LogP contribution in [0.25, 0.3) is 11.1 Å². The van der Waals surface area contributed by atoms with E-state index in [-0.39, 0.29) is 5.56 Å². The number of hydrogen-bond acceptors (Lipinski definition) is 2. The van der Waals surface area contributed by atoms with E-state index in [0.29, 0.717) is 16.9 Å². The summed E-state index contributed by atoms with van der Waals surface area (Å²) in [5.74, 6) is -0.177. The molecule has 0 aliphatic rings. The summed E-state index contributed by atoms with van der Waals surface area (Å²) in [5, 5.41) is 3.94. The van der Waals surface area contributed by atoms with Gasteiger partial charge in [0.15, 0.2) is 0 Å². The Kier molecular flexibility index (Phi) is 2.60. The van der Waals surface area contributed by atoms with E-state index in [2.05, 4.69) is 5.10 Å². The van der Waals surface area contributed by atoms with Crippen LogP contribution in [0.5, 0.6) is 0 Å². The first-order valence-corrected chi connectivity index (χ1v) is 4.76. The second kappa shape index (κ2) is 3.92. The first-order chi connectivity index (χ1) is 7.65. The number of alkyl halides is 1. The first-order valence-electron chi connectivity index (χ1n) is 4.76. The molecule has 2 rings (SSSR count). The highest BCUT2D eigenvalue weighted by molar-refractivity contribution is 5.76. The predicted molar refractivity (Wildman–Crippen MR) is 57.8 cm³/mol. The second-order valence-electron chi connectivity index (χ2n) is 3.47. The number of hydrogen-bond donors (Lipinski definition) is 1. The summed E-state index contributed by atoms with van der Waals surface area (Å²) in [5.41, 5.74) is 6.78. The number of rotatable bonds is 2. The van der Waals surface area contributed by atoms with Gasteiger partial charge in [-0.05, 0) is 11.6 Å². The number of nitrogen functional groups attached to an aromatic ring is 1. The number of aromatic nitrogens is 2. The lowest BCUT2D eigenvalue weighted by molar-refractivity contribution is 0.465. The van der Waals surface area contributed by atoms with Crippen LogP contribution in [0.15, 0.2) is 24.4 Å². The molecule has 0 spiro atoms. The van der Waals surface area contributed by atoms with Gasteiger partial charge < -0.3 is 5.73 Å². The Morgan fingerprint density at radius 3 is 2.69 bits per heavy atom. The number of halogens is 2. The van der Waals surface area contributed by atoms with Crippen molar-refractivity contribution in [2.24, 2.45) is 7.05 Å². The minimum Gasteiger partial charge on any atom is -0.383 e. The molecule has 1 aromatic carbocycles. The Morgan fingerprint density at radius 2 is 2.12 bits per heavy atom. The molecule has 0 radical (unpaired) electrons. The molecule has 1 aromatic heterocycles. The Balaban J connectivity index is 2.64. The Labute approximate surface area is 91.5 Å². The molecule has 84 valence electrons. The van der Waals surface area contributed by atoms with Crippen LogP contribution in [0.2, 0.25) is 0 Å². The first kappa shape index (κ1) is 10.6. The van der Waals surface area contributed by atoms with Gasteiger partial charge >= 0.3 is 0 Å². The van der Waals surface area contributed by atoms with Crippen molar-refractivity contribution in [2.75, 3.05) is 5.73 Å². The molecular formula is C11H11F2N3. The van der Waals surface area contributed by atoms with Gasteiger partial charge in [-0.2, -0.15) is 5.10 Å². The lowest BCUT2D eigenvalue weighted by atomic mass is 10.0. The number of anilines is 1. The predicted octanol–water partition coefficient (Wildman–Crippen LogP) is 2.28. The molecule has 0 atom stereocenters. The zero-order chi connectivity index (χ0) is 11.7. The standard InChI is InChI=1S/C11H11F2N3/c1-16-11(14)9(6-15-16)7-3-2-4-10(13)8(7)5-12/h2-4,6H,5,14H2,1H3. The maximum atomic E-state index is 13.4. The van der Waals surface area contributed by atoms with Gasteiger partial charge in [0.1, 0.15) is 18.3 Å². The van der Waals surface area contributed by atoms with Gasteiger partial charge in [0.05, 0.1) is 6.20 Å². The van der Waals surface area contributed by atoms with Gasteiger partial charge in [0.2, 0.25) is 0 Å². The van der Waals surface area contributed by atoms with E-state index >= 15 is 0 Å². The Morgan fingerprint density at radius 1 is 1.38 bits per heavy atom. The van der Waals surface area contributed by atoms with E-state index in [1.165, 1.54) is 23.0 Å². The summed E-state index contributed by atoms with van der Waals surface area (Å²) in [6, 6.07) is 4.38. The third kappa shape index (κ3) is 1.54. The van der Waals surface area contributed by atoms with Crippen molar-refractivity contribution in [3.8, 4) is 11.1 Å². The van der Waals surface area contributed by atoms with Gasteiger partial charge in [-0.15, -0.1) is 0 Å². The van der Waals surface area contributed by atoms with E-state index in [1.54, 1.807) is 13.1 Å². The molecule has 5 heteroatoms. The molecule has 3 nitrogen and oxygen atoms in total. The minimum absolute atomic E-state index is 0.0159. The van der Waals surface area contributed by atoms with Crippen molar-refractivity contribution in [3.63, 3.8) is 0 Å². The van der Waals surface area contributed by atoms with Crippen LogP contribution in [0.1, 0.15) is 5.56 Å². The SMILES string of the molecule is Cn1ncc(-c2cccc(F)c2CF)c1N. The highest BCUT2D eigenvalue weighted by Gasteiger charge is 2.14. The molecule has 0 amide bonds. The molecule has 0 saturated carbocycles. The smallest absolute Gasteiger partial charge is 0.129 e. The Bertz CT molecular complexity index is 520. The van der Waals surface area contributed by atoms with Crippen LogP contribution in [0, 0.1) is 5.82 Å². The minimum atomic E-state index is -0.865. The molecular weight excluding hydrogens is 212 g/mol. The van der Waals surface area contributed by atoms with Crippen LogP contribution < -0.4 is 5.73 Å². The zero-order valence-corrected chi connectivity index (χ0v) is 8.74. The number of benzene rings is 1. The van der Waals surface area contributed by atoms with Crippen molar-refractivity contribution >= 4 is 5.82 Å². The van der Waals surface area contributed by atoms with Gasteiger partial charge in [-0.25, -0.2) is 8.78 Å².